The van der Waals surface area contributed by atoms with Crippen molar-refractivity contribution in [2.45, 2.75) is 82.1 Å². The number of aliphatic hydroxyl groups is 1. The highest BCUT2D eigenvalue weighted by atomic mass is 16.4. The van der Waals surface area contributed by atoms with Gasteiger partial charge >= 0.3 is 5.97 Å². The molecule has 0 aliphatic rings. The molecule has 16 heteroatoms. The number of hydrogen-bond donors (Lipinski definition) is 10. The van der Waals surface area contributed by atoms with E-state index in [1.54, 1.807) is 0 Å². The second-order valence-corrected chi connectivity index (χ2v) is 8.53. The highest BCUT2D eigenvalue weighted by molar-refractivity contribution is 5.94. The maximum absolute atomic E-state index is 13.0. The maximum Gasteiger partial charge on any atom is 0.326 e. The molecule has 0 radical (unpaired) electrons. The molecule has 0 heterocycles. The Balaban J connectivity index is 5.56. The summed E-state index contributed by atoms with van der Waals surface area (Å²) in [5, 5.41) is 26.3. The van der Waals surface area contributed by atoms with Crippen LogP contribution in [0.4, 0.5) is 0 Å². The number of guanidine groups is 1. The van der Waals surface area contributed by atoms with Crippen LogP contribution < -0.4 is 44.6 Å². The lowest BCUT2D eigenvalue weighted by Gasteiger charge is -2.25. The molecule has 15 N–H and O–H groups in total. The van der Waals surface area contributed by atoms with Crippen LogP contribution in [0.1, 0.15) is 51.9 Å². The van der Waals surface area contributed by atoms with Gasteiger partial charge in [-0.2, -0.15) is 0 Å². The van der Waals surface area contributed by atoms with Gasteiger partial charge in [0, 0.05) is 13.0 Å². The number of carboxylic acid groups (broad SMARTS) is 1. The number of rotatable bonds is 19. The van der Waals surface area contributed by atoms with Gasteiger partial charge in [-0.15, -0.1) is 0 Å². The van der Waals surface area contributed by atoms with E-state index in [0.29, 0.717) is 19.4 Å². The van der Waals surface area contributed by atoms with Crippen LogP contribution in [0.2, 0.25) is 0 Å². The Kier molecular flexibility index (Phi) is 16.2. The van der Waals surface area contributed by atoms with Crippen molar-refractivity contribution >= 4 is 35.6 Å². The van der Waals surface area contributed by atoms with Gasteiger partial charge in [0.2, 0.25) is 23.6 Å². The molecule has 0 aliphatic carbocycles. The molecule has 37 heavy (non-hydrogen) atoms. The third kappa shape index (κ3) is 14.6. The first-order valence-electron chi connectivity index (χ1n) is 11.9. The molecule has 0 fully saturated rings. The van der Waals surface area contributed by atoms with Gasteiger partial charge in [-0.25, -0.2) is 4.79 Å². The highest BCUT2D eigenvalue weighted by Gasteiger charge is 2.31. The lowest BCUT2D eigenvalue weighted by Crippen LogP contribution is -2.58. The topological polar surface area (TPSA) is 304 Å². The number of aliphatic imine (C=N–C) groups is 1. The SMILES string of the molecule is CC(O)C(N)C(=O)NC(CCC(N)=O)C(=O)NC(CCCCN)C(=O)NC(CCCN=C(N)N)C(=O)O. The highest BCUT2D eigenvalue weighted by Crippen LogP contribution is 2.07. The molecule has 0 spiro atoms. The van der Waals surface area contributed by atoms with Crippen LogP contribution in [0.5, 0.6) is 0 Å². The van der Waals surface area contributed by atoms with Crippen molar-refractivity contribution in [2.75, 3.05) is 13.1 Å². The van der Waals surface area contributed by atoms with Gasteiger partial charge < -0.3 is 54.8 Å². The molecule has 4 amide bonds. The molecule has 0 aromatic heterocycles. The Hall–Kier alpha value is -3.50. The first-order valence-corrected chi connectivity index (χ1v) is 11.9. The van der Waals surface area contributed by atoms with Crippen molar-refractivity contribution in [2.24, 2.45) is 33.7 Å². The van der Waals surface area contributed by atoms with Gasteiger partial charge in [-0.1, -0.05) is 0 Å². The molecule has 5 unspecified atom stereocenters. The number of nitrogens with zero attached hydrogens (tertiary/aromatic N) is 1. The predicted molar refractivity (Wildman–Crippen MR) is 134 cm³/mol. The van der Waals surface area contributed by atoms with Crippen molar-refractivity contribution in [1.29, 1.82) is 0 Å². The van der Waals surface area contributed by atoms with Gasteiger partial charge in [-0.05, 0) is 52.0 Å². The fourth-order valence-corrected chi connectivity index (χ4v) is 3.11. The molecule has 0 aromatic carbocycles. The summed E-state index contributed by atoms with van der Waals surface area (Å²) in [4.78, 5) is 64.9. The Bertz CT molecular complexity index is 803. The summed E-state index contributed by atoms with van der Waals surface area (Å²) in [6, 6.07) is -5.09. The van der Waals surface area contributed by atoms with Crippen LogP contribution >= 0.6 is 0 Å². The monoisotopic (exact) mass is 531 g/mol. The van der Waals surface area contributed by atoms with E-state index < -0.39 is 59.9 Å². The van der Waals surface area contributed by atoms with Gasteiger partial charge in [0.15, 0.2) is 5.96 Å². The fraction of sp³-hybridized carbons (Fsp3) is 0.714. The number of carbonyl (C=O) groups is 5. The molecule has 212 valence electrons. The van der Waals surface area contributed by atoms with Crippen LogP contribution in [0, 0.1) is 0 Å². The van der Waals surface area contributed by atoms with E-state index in [1.165, 1.54) is 6.92 Å². The van der Waals surface area contributed by atoms with Crippen molar-refractivity contribution in [1.82, 2.24) is 16.0 Å². The van der Waals surface area contributed by atoms with Gasteiger partial charge in [0.05, 0.1) is 6.10 Å². The number of hydrogen-bond acceptors (Lipinski definition) is 9. The van der Waals surface area contributed by atoms with E-state index in [9.17, 15) is 34.2 Å². The van der Waals surface area contributed by atoms with E-state index in [2.05, 4.69) is 20.9 Å². The van der Waals surface area contributed by atoms with Crippen LogP contribution in [0.25, 0.3) is 0 Å². The normalized spacial score (nSPS) is 14.8. The quantitative estimate of drug-likeness (QED) is 0.0431. The summed E-state index contributed by atoms with van der Waals surface area (Å²) in [5.74, 6) is -4.60. The molecule has 16 nitrogen and oxygen atoms in total. The van der Waals surface area contributed by atoms with Gasteiger partial charge in [-0.3, -0.25) is 24.2 Å². The molecule has 0 aliphatic heterocycles. The van der Waals surface area contributed by atoms with E-state index in [1.807, 2.05) is 0 Å². The number of aliphatic hydroxyl groups excluding tert-OH is 1. The van der Waals surface area contributed by atoms with E-state index in [0.717, 1.165) is 0 Å². The largest absolute Gasteiger partial charge is 0.480 e. The standard InChI is InChI=1S/C21H41N9O7/c1-11(31)16(24)19(35)29-13(7-8-15(23)32)18(34)28-12(5-2-3-9-22)17(33)30-14(20(36)37)6-4-10-27-21(25)26/h11-14,16,31H,2-10,22,24H2,1H3,(H2,23,32)(H,28,34)(H,29,35)(H,30,33)(H,36,37)(H4,25,26,27). The molecular weight excluding hydrogens is 490 g/mol. The predicted octanol–water partition coefficient (Wildman–Crippen LogP) is -4.32. The summed E-state index contributed by atoms with van der Waals surface area (Å²) in [7, 11) is 0. The Morgan fingerprint density at radius 2 is 1.32 bits per heavy atom. The Morgan fingerprint density at radius 1 is 0.811 bits per heavy atom. The minimum absolute atomic E-state index is 0.0237. The smallest absolute Gasteiger partial charge is 0.326 e. The van der Waals surface area contributed by atoms with Crippen molar-refractivity contribution in [3.8, 4) is 0 Å². The number of aliphatic carboxylic acids is 1. The zero-order valence-electron chi connectivity index (χ0n) is 21.0. The molecule has 0 saturated carbocycles. The number of primary amides is 1. The number of carbonyl (C=O) groups excluding carboxylic acids is 4. The van der Waals surface area contributed by atoms with E-state index >= 15 is 0 Å². The number of carboxylic acids is 1. The fourth-order valence-electron chi connectivity index (χ4n) is 3.11. The van der Waals surface area contributed by atoms with Crippen molar-refractivity contribution in [3.05, 3.63) is 0 Å². The molecular formula is C21H41N9O7. The average molecular weight is 532 g/mol. The van der Waals surface area contributed by atoms with Crippen LogP contribution in [-0.2, 0) is 24.0 Å². The Morgan fingerprint density at radius 3 is 1.81 bits per heavy atom. The minimum Gasteiger partial charge on any atom is -0.480 e. The van der Waals surface area contributed by atoms with Crippen molar-refractivity contribution < 1.29 is 34.2 Å². The average Bonchev–Trinajstić information content (AvgIpc) is 2.81. The number of nitrogens with two attached hydrogens (primary N) is 5. The molecule has 5 atom stereocenters. The van der Waals surface area contributed by atoms with Gasteiger partial charge in [0.1, 0.15) is 24.2 Å². The molecule has 0 rings (SSSR count). The molecule has 0 aromatic rings. The lowest BCUT2D eigenvalue weighted by atomic mass is 10.0. The van der Waals surface area contributed by atoms with Crippen LogP contribution in [-0.4, -0.2) is 89.1 Å². The number of unbranched alkanes of at least 4 members (excludes halogenated alkanes) is 1. The third-order valence-electron chi connectivity index (χ3n) is 5.27. The second-order valence-electron chi connectivity index (χ2n) is 8.53. The van der Waals surface area contributed by atoms with E-state index in [-0.39, 0.29) is 44.6 Å². The van der Waals surface area contributed by atoms with Crippen LogP contribution in [0.15, 0.2) is 4.99 Å². The zero-order chi connectivity index (χ0) is 28.5. The first-order chi connectivity index (χ1) is 17.3. The Labute approximate surface area is 215 Å². The summed E-state index contributed by atoms with van der Waals surface area (Å²) in [6.07, 6.45) is -0.288. The molecule has 0 bridgehead atoms. The van der Waals surface area contributed by atoms with E-state index in [4.69, 9.17) is 28.7 Å². The summed E-state index contributed by atoms with van der Waals surface area (Å²) >= 11 is 0. The lowest BCUT2D eigenvalue weighted by molar-refractivity contribution is -0.142. The maximum atomic E-state index is 13.0. The third-order valence-corrected chi connectivity index (χ3v) is 5.27. The zero-order valence-corrected chi connectivity index (χ0v) is 21.0. The van der Waals surface area contributed by atoms with Crippen molar-refractivity contribution in [3.63, 3.8) is 0 Å². The van der Waals surface area contributed by atoms with Gasteiger partial charge in [0.25, 0.3) is 0 Å². The number of nitrogens with one attached hydrogen (secondary N) is 3. The van der Waals surface area contributed by atoms with Crippen LogP contribution in [0.3, 0.4) is 0 Å². The minimum atomic E-state index is -1.34. The second kappa shape index (κ2) is 17.9. The number of amides is 4. The molecule has 0 saturated heterocycles. The summed E-state index contributed by atoms with van der Waals surface area (Å²) in [6.45, 7) is 1.78. The summed E-state index contributed by atoms with van der Waals surface area (Å²) < 4.78 is 0. The first kappa shape index (κ1) is 33.5. The summed E-state index contributed by atoms with van der Waals surface area (Å²) in [5.41, 5.74) is 26.7.